The summed E-state index contributed by atoms with van der Waals surface area (Å²) in [6.07, 6.45) is 0.731. The first-order valence-electron chi connectivity index (χ1n) is 8.83. The molecule has 8 heteroatoms. The minimum Gasteiger partial charge on any atom is -0.350 e. The first kappa shape index (κ1) is 20.6. The van der Waals surface area contributed by atoms with E-state index in [1.54, 1.807) is 19.1 Å². The predicted molar refractivity (Wildman–Crippen MR) is 104 cm³/mol. The Morgan fingerprint density at radius 2 is 1.85 bits per heavy atom. The highest BCUT2D eigenvalue weighted by Crippen LogP contribution is 2.09. The Balaban J connectivity index is 1.99. The SMILES string of the molecule is CCCn1nc(C(=O)N(CC)CC(=O)NCc2ccc(Cl)cc2)ccc1=O. The number of aromatic nitrogens is 2. The molecule has 0 aliphatic carbocycles. The lowest BCUT2D eigenvalue weighted by atomic mass is 10.2. The largest absolute Gasteiger partial charge is 0.350 e. The number of aryl methyl sites for hydroxylation is 1. The van der Waals surface area contributed by atoms with Crippen LogP contribution in [0.5, 0.6) is 0 Å². The third-order valence-corrected chi connectivity index (χ3v) is 4.18. The highest BCUT2D eigenvalue weighted by molar-refractivity contribution is 6.30. The van der Waals surface area contributed by atoms with Gasteiger partial charge in [-0.05, 0) is 37.1 Å². The van der Waals surface area contributed by atoms with Crippen LogP contribution in [0.2, 0.25) is 5.02 Å². The van der Waals surface area contributed by atoms with Crippen molar-refractivity contribution in [1.29, 1.82) is 0 Å². The van der Waals surface area contributed by atoms with E-state index in [-0.39, 0.29) is 29.6 Å². The van der Waals surface area contributed by atoms with Crippen molar-refractivity contribution >= 4 is 23.4 Å². The number of nitrogens with one attached hydrogen (secondary N) is 1. The molecule has 27 heavy (non-hydrogen) atoms. The molecule has 0 spiro atoms. The van der Waals surface area contributed by atoms with Crippen molar-refractivity contribution in [2.45, 2.75) is 33.4 Å². The van der Waals surface area contributed by atoms with Crippen molar-refractivity contribution in [3.05, 3.63) is 63.0 Å². The summed E-state index contributed by atoms with van der Waals surface area (Å²) in [5.74, 6) is -0.661. The van der Waals surface area contributed by atoms with E-state index in [1.807, 2.05) is 19.1 Å². The number of carbonyl (C=O) groups excluding carboxylic acids is 2. The minimum atomic E-state index is -0.385. The fourth-order valence-electron chi connectivity index (χ4n) is 2.46. The van der Waals surface area contributed by atoms with Crippen LogP contribution in [0.15, 0.2) is 41.2 Å². The Labute approximate surface area is 162 Å². The van der Waals surface area contributed by atoms with E-state index in [1.165, 1.54) is 21.7 Å². The molecule has 2 aromatic rings. The number of benzene rings is 1. The van der Waals surface area contributed by atoms with Crippen molar-refractivity contribution in [3.8, 4) is 0 Å². The normalized spacial score (nSPS) is 10.5. The van der Waals surface area contributed by atoms with Crippen LogP contribution >= 0.6 is 11.6 Å². The standard InChI is InChI=1S/C19H23ClN4O3/c1-3-11-24-18(26)10-9-16(22-24)19(27)23(4-2)13-17(25)21-12-14-5-7-15(20)8-6-14/h5-10H,3-4,11-13H2,1-2H3,(H,21,25). The number of nitrogens with zero attached hydrogens (tertiary/aromatic N) is 3. The van der Waals surface area contributed by atoms with Gasteiger partial charge in [-0.15, -0.1) is 0 Å². The predicted octanol–water partition coefficient (Wildman–Crippen LogP) is 2.09. The van der Waals surface area contributed by atoms with Gasteiger partial charge in [-0.25, -0.2) is 4.68 Å². The summed E-state index contributed by atoms with van der Waals surface area (Å²) in [6, 6.07) is 9.87. The van der Waals surface area contributed by atoms with Gasteiger partial charge in [0.2, 0.25) is 5.91 Å². The Morgan fingerprint density at radius 1 is 1.15 bits per heavy atom. The Morgan fingerprint density at radius 3 is 2.48 bits per heavy atom. The molecule has 1 N–H and O–H groups in total. The number of hydrogen-bond donors (Lipinski definition) is 1. The van der Waals surface area contributed by atoms with E-state index in [0.29, 0.717) is 24.7 Å². The van der Waals surface area contributed by atoms with Gasteiger partial charge in [-0.2, -0.15) is 5.10 Å². The summed E-state index contributed by atoms with van der Waals surface area (Å²) in [7, 11) is 0. The fraction of sp³-hybridized carbons (Fsp3) is 0.368. The average molecular weight is 391 g/mol. The fourth-order valence-corrected chi connectivity index (χ4v) is 2.58. The van der Waals surface area contributed by atoms with E-state index in [4.69, 9.17) is 11.6 Å². The molecule has 1 aromatic carbocycles. The number of carbonyl (C=O) groups is 2. The van der Waals surface area contributed by atoms with Gasteiger partial charge in [0.15, 0.2) is 0 Å². The topological polar surface area (TPSA) is 84.3 Å². The van der Waals surface area contributed by atoms with E-state index in [9.17, 15) is 14.4 Å². The maximum Gasteiger partial charge on any atom is 0.274 e. The molecule has 0 saturated carbocycles. The Bertz CT molecular complexity index is 849. The lowest BCUT2D eigenvalue weighted by molar-refractivity contribution is -0.121. The summed E-state index contributed by atoms with van der Waals surface area (Å²) in [5.41, 5.74) is 0.808. The summed E-state index contributed by atoms with van der Waals surface area (Å²) >= 11 is 5.84. The van der Waals surface area contributed by atoms with E-state index < -0.39 is 0 Å². The Kier molecular flexibility index (Phi) is 7.55. The molecule has 1 heterocycles. The summed E-state index contributed by atoms with van der Waals surface area (Å²) < 4.78 is 1.27. The third kappa shape index (κ3) is 5.92. The zero-order valence-electron chi connectivity index (χ0n) is 15.4. The lowest BCUT2D eigenvalue weighted by Crippen LogP contribution is -2.41. The van der Waals surface area contributed by atoms with Crippen molar-refractivity contribution in [2.75, 3.05) is 13.1 Å². The second kappa shape index (κ2) is 9.87. The van der Waals surface area contributed by atoms with Gasteiger partial charge in [0.1, 0.15) is 5.69 Å². The molecular formula is C19H23ClN4O3. The van der Waals surface area contributed by atoms with Gasteiger partial charge in [0.25, 0.3) is 11.5 Å². The number of rotatable bonds is 8. The maximum atomic E-state index is 12.6. The average Bonchev–Trinajstić information content (AvgIpc) is 2.67. The number of hydrogen-bond acceptors (Lipinski definition) is 4. The zero-order chi connectivity index (χ0) is 19.8. The van der Waals surface area contributed by atoms with Crippen LogP contribution in [0.3, 0.4) is 0 Å². The molecule has 2 amide bonds. The Hall–Kier alpha value is -2.67. The van der Waals surface area contributed by atoms with Crippen LogP contribution in [0, 0.1) is 0 Å². The molecule has 2 rings (SSSR count). The molecule has 7 nitrogen and oxygen atoms in total. The van der Waals surface area contributed by atoms with Crippen molar-refractivity contribution in [3.63, 3.8) is 0 Å². The molecule has 0 bridgehead atoms. The van der Waals surface area contributed by atoms with E-state index >= 15 is 0 Å². The molecule has 0 aliphatic heterocycles. The number of amides is 2. The quantitative estimate of drug-likeness (QED) is 0.748. The molecule has 0 aliphatic rings. The van der Waals surface area contributed by atoms with Crippen LogP contribution in [0.4, 0.5) is 0 Å². The van der Waals surface area contributed by atoms with Gasteiger partial charge in [0, 0.05) is 30.7 Å². The summed E-state index contributed by atoms with van der Waals surface area (Å²) in [6.45, 7) is 4.76. The van der Waals surface area contributed by atoms with Gasteiger partial charge in [0.05, 0.1) is 6.54 Å². The first-order chi connectivity index (χ1) is 12.9. The minimum absolute atomic E-state index is 0.0858. The van der Waals surface area contributed by atoms with Gasteiger partial charge >= 0.3 is 0 Å². The molecule has 0 radical (unpaired) electrons. The van der Waals surface area contributed by atoms with Gasteiger partial charge < -0.3 is 10.2 Å². The highest BCUT2D eigenvalue weighted by atomic mass is 35.5. The maximum absolute atomic E-state index is 12.6. The lowest BCUT2D eigenvalue weighted by Gasteiger charge is -2.20. The zero-order valence-corrected chi connectivity index (χ0v) is 16.2. The molecule has 1 aromatic heterocycles. The van der Waals surface area contributed by atoms with Crippen molar-refractivity contribution in [1.82, 2.24) is 20.0 Å². The van der Waals surface area contributed by atoms with Crippen LogP contribution in [-0.2, 0) is 17.9 Å². The van der Waals surface area contributed by atoms with Gasteiger partial charge in [-0.1, -0.05) is 30.7 Å². The monoisotopic (exact) mass is 390 g/mol. The van der Waals surface area contributed by atoms with Crippen LogP contribution in [0.1, 0.15) is 36.3 Å². The molecule has 0 saturated heterocycles. The second-order valence-corrected chi connectivity index (χ2v) is 6.44. The smallest absolute Gasteiger partial charge is 0.274 e. The van der Waals surface area contributed by atoms with Crippen LogP contribution in [0.25, 0.3) is 0 Å². The molecular weight excluding hydrogens is 368 g/mol. The second-order valence-electron chi connectivity index (χ2n) is 6.00. The van der Waals surface area contributed by atoms with Gasteiger partial charge in [-0.3, -0.25) is 14.4 Å². The molecule has 144 valence electrons. The molecule has 0 unspecified atom stereocenters. The highest BCUT2D eigenvalue weighted by Gasteiger charge is 2.19. The molecule has 0 atom stereocenters. The van der Waals surface area contributed by atoms with E-state index in [2.05, 4.69) is 10.4 Å². The third-order valence-electron chi connectivity index (χ3n) is 3.93. The van der Waals surface area contributed by atoms with Crippen molar-refractivity contribution in [2.24, 2.45) is 0 Å². The summed E-state index contributed by atoms with van der Waals surface area (Å²) in [4.78, 5) is 38.0. The van der Waals surface area contributed by atoms with Crippen LogP contribution < -0.4 is 10.9 Å². The van der Waals surface area contributed by atoms with Crippen molar-refractivity contribution < 1.29 is 9.59 Å². The van der Waals surface area contributed by atoms with Crippen LogP contribution in [-0.4, -0.2) is 39.6 Å². The molecule has 0 fully saturated rings. The number of halogens is 1. The number of likely N-dealkylation sites (N-methyl/N-ethyl adjacent to an activating group) is 1. The van der Waals surface area contributed by atoms with E-state index in [0.717, 1.165) is 12.0 Å². The first-order valence-corrected chi connectivity index (χ1v) is 9.21. The summed E-state index contributed by atoms with van der Waals surface area (Å²) in [5, 5.41) is 7.52.